The van der Waals surface area contributed by atoms with Gasteiger partial charge < -0.3 is 14.0 Å². The number of fused-ring (bicyclic) bond motifs is 4. The van der Waals surface area contributed by atoms with E-state index in [0.717, 1.165) is 40.8 Å². The van der Waals surface area contributed by atoms with Crippen molar-refractivity contribution < 1.29 is 9.47 Å². The van der Waals surface area contributed by atoms with E-state index in [1.54, 1.807) is 0 Å². The number of benzene rings is 2. The third kappa shape index (κ3) is 3.10. The van der Waals surface area contributed by atoms with Crippen molar-refractivity contribution in [3.05, 3.63) is 72.1 Å². The zero-order chi connectivity index (χ0) is 18.9. The molecule has 0 fully saturated rings. The number of hydrogen-bond donors (Lipinski definition) is 0. The molecular weight excluding hydrogens is 368 g/mol. The number of rotatable bonds is 4. The summed E-state index contributed by atoms with van der Waals surface area (Å²) in [6, 6.07) is 19.1. The van der Waals surface area contributed by atoms with Crippen LogP contribution in [0, 0.1) is 0 Å². The van der Waals surface area contributed by atoms with E-state index >= 15 is 0 Å². The maximum Gasteiger partial charge on any atom is 0.163 e. The highest BCUT2D eigenvalue weighted by Crippen LogP contribution is 2.41. The smallest absolute Gasteiger partial charge is 0.163 e. The van der Waals surface area contributed by atoms with Crippen molar-refractivity contribution in [2.24, 2.45) is 4.99 Å². The van der Waals surface area contributed by atoms with Gasteiger partial charge in [0, 0.05) is 28.5 Å². The molecule has 0 N–H and O–H groups in total. The fraction of sp³-hybridized carbons (Fsp3) is 0.261. The van der Waals surface area contributed by atoms with Crippen LogP contribution in [-0.2, 0) is 0 Å². The first-order chi connectivity index (χ1) is 13.8. The highest BCUT2D eigenvalue weighted by Gasteiger charge is 2.26. The van der Waals surface area contributed by atoms with Gasteiger partial charge in [-0.15, -0.1) is 11.8 Å². The van der Waals surface area contributed by atoms with Gasteiger partial charge in [0.1, 0.15) is 13.2 Å². The Kier molecular flexibility index (Phi) is 4.61. The Balaban J connectivity index is 1.57. The van der Waals surface area contributed by atoms with E-state index in [9.17, 15) is 0 Å². The van der Waals surface area contributed by atoms with Crippen LogP contribution < -0.4 is 9.47 Å². The van der Waals surface area contributed by atoms with Gasteiger partial charge in [0.15, 0.2) is 11.5 Å². The van der Waals surface area contributed by atoms with Gasteiger partial charge in [0.25, 0.3) is 0 Å². The summed E-state index contributed by atoms with van der Waals surface area (Å²) in [7, 11) is 0. The standard InChI is InChI=1S/C23H22N2O2S/c1-2-18-17-13-22-23(27-12-11-26-22)14-21(17)25-10-6-9-20(25)19(24-18)15-28-16-7-4-3-5-8-16/h3-10,13-14,18H,2,11-12,15H2,1H3/t18-/m0/s1. The van der Waals surface area contributed by atoms with Gasteiger partial charge in [-0.2, -0.15) is 0 Å². The predicted molar refractivity (Wildman–Crippen MR) is 113 cm³/mol. The minimum absolute atomic E-state index is 0.108. The predicted octanol–water partition coefficient (Wildman–Crippen LogP) is 5.29. The van der Waals surface area contributed by atoms with Gasteiger partial charge in [0.2, 0.25) is 0 Å². The average Bonchev–Trinajstić information content (AvgIpc) is 3.19. The molecule has 0 saturated heterocycles. The minimum Gasteiger partial charge on any atom is -0.486 e. The van der Waals surface area contributed by atoms with E-state index in [1.165, 1.54) is 10.5 Å². The molecule has 0 radical (unpaired) electrons. The zero-order valence-corrected chi connectivity index (χ0v) is 16.6. The Morgan fingerprint density at radius 1 is 1.04 bits per heavy atom. The highest BCUT2D eigenvalue weighted by atomic mass is 32.2. The lowest BCUT2D eigenvalue weighted by Gasteiger charge is -2.23. The van der Waals surface area contributed by atoms with Crippen molar-refractivity contribution >= 4 is 17.5 Å². The first-order valence-corrected chi connectivity index (χ1v) is 10.7. The third-order valence-corrected chi connectivity index (χ3v) is 6.19. The Morgan fingerprint density at radius 3 is 2.61 bits per heavy atom. The van der Waals surface area contributed by atoms with Crippen molar-refractivity contribution in [2.75, 3.05) is 19.0 Å². The molecule has 0 spiro atoms. The lowest BCUT2D eigenvalue weighted by Crippen LogP contribution is -2.16. The van der Waals surface area contributed by atoms with E-state index in [2.05, 4.69) is 66.2 Å². The number of aromatic nitrogens is 1. The van der Waals surface area contributed by atoms with Gasteiger partial charge in [-0.05, 0) is 36.8 Å². The molecule has 142 valence electrons. The summed E-state index contributed by atoms with van der Waals surface area (Å²) in [5.74, 6) is 2.49. The van der Waals surface area contributed by atoms with Crippen LogP contribution in [0.15, 0.2) is 70.7 Å². The molecule has 3 heterocycles. The second kappa shape index (κ2) is 7.40. The number of aliphatic imine (C=N–C) groups is 1. The van der Waals surface area contributed by atoms with Crippen molar-refractivity contribution in [2.45, 2.75) is 24.3 Å². The summed E-state index contributed by atoms with van der Waals surface area (Å²) in [5, 5.41) is 0. The molecule has 4 nitrogen and oxygen atoms in total. The first kappa shape index (κ1) is 17.4. The molecule has 0 aliphatic carbocycles. The van der Waals surface area contributed by atoms with Crippen LogP contribution in [0.1, 0.15) is 30.6 Å². The van der Waals surface area contributed by atoms with Crippen molar-refractivity contribution in [1.29, 1.82) is 0 Å². The van der Waals surface area contributed by atoms with Crippen molar-refractivity contribution in [3.63, 3.8) is 0 Å². The molecule has 2 aliphatic rings. The van der Waals surface area contributed by atoms with Crippen molar-refractivity contribution in [1.82, 2.24) is 4.57 Å². The van der Waals surface area contributed by atoms with E-state index < -0.39 is 0 Å². The zero-order valence-electron chi connectivity index (χ0n) is 15.8. The van der Waals surface area contributed by atoms with Crippen LogP contribution in [0.2, 0.25) is 0 Å². The fourth-order valence-electron chi connectivity index (χ4n) is 3.81. The summed E-state index contributed by atoms with van der Waals surface area (Å²) in [6.45, 7) is 3.38. The average molecular weight is 391 g/mol. The van der Waals surface area contributed by atoms with E-state index in [-0.39, 0.29) is 6.04 Å². The van der Waals surface area contributed by atoms with E-state index in [1.807, 2.05) is 17.8 Å². The molecule has 0 unspecified atom stereocenters. The second-order valence-electron chi connectivity index (χ2n) is 6.92. The normalized spacial score (nSPS) is 17.3. The summed E-state index contributed by atoms with van der Waals surface area (Å²) in [5.41, 5.74) is 4.61. The van der Waals surface area contributed by atoms with Gasteiger partial charge in [0.05, 0.1) is 23.1 Å². The Bertz CT molecular complexity index is 1030. The molecular formula is C23H22N2O2S. The number of hydrogen-bond acceptors (Lipinski definition) is 4. The number of nitrogens with zero attached hydrogens (tertiary/aromatic N) is 2. The molecule has 3 aromatic rings. The summed E-state index contributed by atoms with van der Waals surface area (Å²) < 4.78 is 13.9. The van der Waals surface area contributed by atoms with Crippen LogP contribution in [-0.4, -0.2) is 29.2 Å². The molecule has 5 heteroatoms. The number of ether oxygens (including phenoxy) is 2. The largest absolute Gasteiger partial charge is 0.486 e. The van der Waals surface area contributed by atoms with Crippen molar-refractivity contribution in [3.8, 4) is 17.2 Å². The SMILES string of the molecule is CC[C@@H]1N=C(CSc2ccccc2)c2cccn2-c2cc3c(cc21)OCCO3. The lowest BCUT2D eigenvalue weighted by molar-refractivity contribution is 0.171. The van der Waals surface area contributed by atoms with Crippen LogP contribution in [0.4, 0.5) is 0 Å². The maximum absolute atomic E-state index is 5.84. The van der Waals surface area contributed by atoms with Crippen LogP contribution in [0.3, 0.4) is 0 Å². The molecule has 1 aromatic heterocycles. The summed E-state index contributed by atoms with van der Waals surface area (Å²) in [4.78, 5) is 6.45. The molecule has 0 bridgehead atoms. The summed E-state index contributed by atoms with van der Waals surface area (Å²) >= 11 is 1.83. The van der Waals surface area contributed by atoms with Gasteiger partial charge >= 0.3 is 0 Å². The van der Waals surface area contributed by atoms with Crippen LogP contribution in [0.5, 0.6) is 11.5 Å². The summed E-state index contributed by atoms with van der Waals surface area (Å²) in [6.07, 6.45) is 3.06. The molecule has 5 rings (SSSR count). The Labute approximate surface area is 169 Å². The van der Waals surface area contributed by atoms with Gasteiger partial charge in [-0.3, -0.25) is 4.99 Å². The van der Waals surface area contributed by atoms with E-state index in [4.69, 9.17) is 14.5 Å². The third-order valence-electron chi connectivity index (χ3n) is 5.17. The lowest BCUT2D eigenvalue weighted by atomic mass is 10.0. The molecule has 0 saturated carbocycles. The van der Waals surface area contributed by atoms with Crippen LogP contribution in [0.25, 0.3) is 5.69 Å². The molecule has 28 heavy (non-hydrogen) atoms. The molecule has 1 atom stereocenters. The van der Waals surface area contributed by atoms with Crippen LogP contribution >= 0.6 is 11.8 Å². The fourth-order valence-corrected chi connectivity index (χ4v) is 4.69. The minimum atomic E-state index is 0.108. The van der Waals surface area contributed by atoms with Gasteiger partial charge in [-0.1, -0.05) is 25.1 Å². The Hall–Kier alpha value is -2.66. The molecule has 2 aromatic carbocycles. The number of thioether (sulfide) groups is 1. The Morgan fingerprint density at radius 2 is 1.82 bits per heavy atom. The highest BCUT2D eigenvalue weighted by molar-refractivity contribution is 8.00. The molecule has 2 aliphatic heterocycles. The maximum atomic E-state index is 5.84. The van der Waals surface area contributed by atoms with Gasteiger partial charge in [-0.25, -0.2) is 0 Å². The monoisotopic (exact) mass is 390 g/mol. The topological polar surface area (TPSA) is 35.8 Å². The van der Waals surface area contributed by atoms with E-state index in [0.29, 0.717) is 13.2 Å². The quantitative estimate of drug-likeness (QED) is 0.568. The second-order valence-corrected chi connectivity index (χ2v) is 7.97. The molecule has 0 amide bonds. The first-order valence-electron chi connectivity index (χ1n) is 9.69.